The first-order valence-corrected chi connectivity index (χ1v) is 8.26. The third-order valence-corrected chi connectivity index (χ3v) is 4.21. The van der Waals surface area contributed by atoms with Crippen molar-refractivity contribution in [1.82, 2.24) is 24.6 Å². The minimum atomic E-state index is -0.850. The van der Waals surface area contributed by atoms with Gasteiger partial charge < -0.3 is 4.84 Å². The van der Waals surface area contributed by atoms with Gasteiger partial charge in [0.25, 0.3) is 11.8 Å². The van der Waals surface area contributed by atoms with E-state index < -0.39 is 17.8 Å². The fourth-order valence-corrected chi connectivity index (χ4v) is 2.89. The number of fused-ring (bicyclic) bond motifs is 1. The molecular weight excluding hydrogens is 350 g/mol. The average Bonchev–Trinajstić information content (AvgIpc) is 3.35. The van der Waals surface area contributed by atoms with Crippen molar-refractivity contribution in [2.45, 2.75) is 13.5 Å². The number of imide groups is 1. The summed E-state index contributed by atoms with van der Waals surface area (Å²) in [6, 6.07) is 6.30. The van der Waals surface area contributed by atoms with Crippen LogP contribution in [0.5, 0.6) is 0 Å². The number of benzene rings is 1. The molecule has 9 heteroatoms. The lowest BCUT2D eigenvalue weighted by Crippen LogP contribution is -2.32. The van der Waals surface area contributed by atoms with Gasteiger partial charge in [-0.05, 0) is 19.1 Å². The average molecular weight is 365 g/mol. The second-order valence-electron chi connectivity index (χ2n) is 5.98. The van der Waals surface area contributed by atoms with Crippen LogP contribution in [0.15, 0.2) is 42.9 Å². The lowest BCUT2D eigenvalue weighted by Gasteiger charge is -2.12. The van der Waals surface area contributed by atoms with Gasteiger partial charge >= 0.3 is 5.97 Å². The summed E-state index contributed by atoms with van der Waals surface area (Å²) in [5.41, 5.74) is 1.52. The highest BCUT2D eigenvalue weighted by molar-refractivity contribution is 6.21. The first kappa shape index (κ1) is 16.7. The van der Waals surface area contributed by atoms with E-state index in [9.17, 15) is 14.4 Å². The van der Waals surface area contributed by atoms with E-state index in [2.05, 4.69) is 10.2 Å². The first-order valence-electron chi connectivity index (χ1n) is 8.26. The maximum Gasteiger partial charge on any atom is 0.367 e. The Hall–Kier alpha value is -3.75. The smallest absolute Gasteiger partial charge is 0.324 e. The van der Waals surface area contributed by atoms with Crippen LogP contribution in [0.2, 0.25) is 0 Å². The molecule has 0 saturated carbocycles. The molecule has 1 aliphatic rings. The molecule has 3 heterocycles. The Bertz CT molecular complexity index is 1050. The Labute approximate surface area is 153 Å². The van der Waals surface area contributed by atoms with E-state index in [0.717, 1.165) is 0 Å². The summed E-state index contributed by atoms with van der Waals surface area (Å²) in [6.45, 7) is 2.61. The summed E-state index contributed by atoms with van der Waals surface area (Å²) in [5.74, 6) is -2.20. The molecule has 1 aromatic carbocycles. The van der Waals surface area contributed by atoms with Crippen molar-refractivity contribution in [3.63, 3.8) is 0 Å². The molecule has 27 heavy (non-hydrogen) atoms. The molecule has 2 aromatic heterocycles. The summed E-state index contributed by atoms with van der Waals surface area (Å²) < 4.78 is 3.15. The molecular formula is C18H15N5O4. The minimum absolute atomic E-state index is 0.129. The van der Waals surface area contributed by atoms with Crippen LogP contribution in [0.4, 0.5) is 0 Å². The van der Waals surface area contributed by atoms with Crippen molar-refractivity contribution in [2.75, 3.05) is 0 Å². The molecule has 0 saturated heterocycles. The van der Waals surface area contributed by atoms with Crippen LogP contribution in [0.3, 0.4) is 0 Å². The highest BCUT2D eigenvalue weighted by atomic mass is 16.7. The number of carbonyl (C=O) groups excluding carboxylic acids is 3. The summed E-state index contributed by atoms with van der Waals surface area (Å²) in [7, 11) is 1.66. The quantitative estimate of drug-likeness (QED) is 0.652. The molecule has 4 rings (SSSR count). The van der Waals surface area contributed by atoms with Crippen LogP contribution in [-0.2, 0) is 18.4 Å². The van der Waals surface area contributed by atoms with E-state index in [1.165, 1.54) is 23.0 Å². The third-order valence-electron chi connectivity index (χ3n) is 4.21. The molecule has 136 valence electrons. The molecule has 0 atom stereocenters. The van der Waals surface area contributed by atoms with Crippen LogP contribution in [0, 0.1) is 0 Å². The van der Waals surface area contributed by atoms with Crippen molar-refractivity contribution in [2.24, 2.45) is 7.05 Å². The second kappa shape index (κ2) is 6.20. The normalized spacial score (nSPS) is 13.2. The summed E-state index contributed by atoms with van der Waals surface area (Å²) in [6.07, 6.45) is 4.81. The van der Waals surface area contributed by atoms with Crippen molar-refractivity contribution in [1.29, 1.82) is 0 Å². The molecule has 0 bridgehead atoms. The maximum absolute atomic E-state index is 12.7. The van der Waals surface area contributed by atoms with Gasteiger partial charge in [-0.15, -0.1) is 0 Å². The SMILES string of the molecule is CCn1cc(-c2nn(C)cc2C(=O)ON2C(=O)c3ccccc3C2=O)cn1. The minimum Gasteiger partial charge on any atom is -0.324 e. The fraction of sp³-hybridized carbons (Fsp3) is 0.167. The van der Waals surface area contributed by atoms with Crippen LogP contribution >= 0.6 is 0 Å². The molecule has 0 spiro atoms. The zero-order valence-electron chi connectivity index (χ0n) is 14.6. The molecule has 0 unspecified atom stereocenters. The standard InChI is InChI=1S/C18H15N5O4/c1-3-22-9-11(8-19-22)15-14(10-21(2)20-15)18(26)27-23-16(24)12-6-4-5-7-13(12)17(23)25/h4-10H,3H2,1-2H3. The van der Waals surface area contributed by atoms with Gasteiger partial charge in [-0.25, -0.2) is 4.79 Å². The maximum atomic E-state index is 12.7. The summed E-state index contributed by atoms with van der Waals surface area (Å²) in [5, 5.41) is 8.93. The number of nitrogens with zero attached hydrogens (tertiary/aromatic N) is 5. The van der Waals surface area contributed by atoms with Crippen LogP contribution < -0.4 is 0 Å². The predicted molar refractivity (Wildman–Crippen MR) is 92.5 cm³/mol. The molecule has 0 N–H and O–H groups in total. The van der Waals surface area contributed by atoms with E-state index in [1.54, 1.807) is 36.3 Å². The topological polar surface area (TPSA) is 99.3 Å². The van der Waals surface area contributed by atoms with Crippen molar-refractivity contribution in [3.8, 4) is 11.3 Å². The molecule has 1 aliphatic heterocycles. The number of amides is 2. The number of aryl methyl sites for hydroxylation is 2. The Balaban J connectivity index is 1.63. The van der Waals surface area contributed by atoms with Gasteiger partial charge in [0.05, 0.1) is 17.3 Å². The van der Waals surface area contributed by atoms with Gasteiger partial charge in [0.2, 0.25) is 0 Å². The van der Waals surface area contributed by atoms with Crippen molar-refractivity contribution >= 4 is 17.8 Å². The number of rotatable bonds is 4. The van der Waals surface area contributed by atoms with Crippen LogP contribution in [0.25, 0.3) is 11.3 Å². The zero-order valence-corrected chi connectivity index (χ0v) is 14.6. The fourth-order valence-electron chi connectivity index (χ4n) is 2.89. The van der Waals surface area contributed by atoms with E-state index in [0.29, 0.717) is 22.9 Å². The number of carbonyl (C=O) groups is 3. The number of hydroxylamine groups is 2. The van der Waals surface area contributed by atoms with Crippen molar-refractivity contribution in [3.05, 3.63) is 59.5 Å². The van der Waals surface area contributed by atoms with Gasteiger partial charge in [0.15, 0.2) is 0 Å². The lowest BCUT2D eigenvalue weighted by atomic mass is 10.1. The number of aromatic nitrogens is 4. The predicted octanol–water partition coefficient (Wildman–Crippen LogP) is 1.67. The van der Waals surface area contributed by atoms with Gasteiger partial charge in [0, 0.05) is 31.5 Å². The first-order chi connectivity index (χ1) is 13.0. The summed E-state index contributed by atoms with van der Waals surface area (Å²) >= 11 is 0. The highest BCUT2D eigenvalue weighted by Crippen LogP contribution is 2.26. The number of hydrogen-bond donors (Lipinski definition) is 0. The van der Waals surface area contributed by atoms with Gasteiger partial charge in [-0.3, -0.25) is 19.0 Å². The molecule has 0 aliphatic carbocycles. The van der Waals surface area contributed by atoms with E-state index in [1.807, 2.05) is 6.92 Å². The van der Waals surface area contributed by atoms with Gasteiger partial charge in [-0.2, -0.15) is 10.2 Å². The molecule has 9 nitrogen and oxygen atoms in total. The molecule has 0 radical (unpaired) electrons. The monoisotopic (exact) mass is 365 g/mol. The van der Waals surface area contributed by atoms with E-state index in [4.69, 9.17) is 4.84 Å². The lowest BCUT2D eigenvalue weighted by molar-refractivity contribution is -0.0584. The highest BCUT2D eigenvalue weighted by Gasteiger charge is 2.39. The summed E-state index contributed by atoms with van der Waals surface area (Å²) in [4.78, 5) is 42.5. The molecule has 3 aromatic rings. The second-order valence-corrected chi connectivity index (χ2v) is 5.98. The Morgan fingerprint density at radius 3 is 2.37 bits per heavy atom. The van der Waals surface area contributed by atoms with E-state index in [-0.39, 0.29) is 16.7 Å². The van der Waals surface area contributed by atoms with Gasteiger partial charge in [0.1, 0.15) is 11.3 Å². The Kier molecular flexibility index (Phi) is 3.84. The Morgan fingerprint density at radius 2 is 1.78 bits per heavy atom. The van der Waals surface area contributed by atoms with Crippen LogP contribution in [0.1, 0.15) is 38.0 Å². The van der Waals surface area contributed by atoms with Crippen molar-refractivity contribution < 1.29 is 19.2 Å². The largest absolute Gasteiger partial charge is 0.367 e. The van der Waals surface area contributed by atoms with E-state index >= 15 is 0 Å². The Morgan fingerprint density at radius 1 is 1.11 bits per heavy atom. The zero-order chi connectivity index (χ0) is 19.1. The third kappa shape index (κ3) is 2.69. The van der Waals surface area contributed by atoms with Gasteiger partial charge in [-0.1, -0.05) is 17.2 Å². The van der Waals surface area contributed by atoms with Crippen LogP contribution in [-0.4, -0.2) is 42.4 Å². The molecule has 2 amide bonds. The molecule has 0 fully saturated rings. The number of hydrogen-bond acceptors (Lipinski definition) is 6.